The van der Waals surface area contributed by atoms with E-state index in [1.165, 1.54) is 0 Å². The first-order chi connectivity index (χ1) is 8.37. The van der Waals surface area contributed by atoms with E-state index in [1.807, 2.05) is 20.8 Å². The summed E-state index contributed by atoms with van der Waals surface area (Å²) in [5.41, 5.74) is 6.70. The van der Waals surface area contributed by atoms with Crippen molar-refractivity contribution in [2.75, 3.05) is 6.61 Å². The second kappa shape index (κ2) is 6.13. The number of nitrogens with zero attached hydrogens (tertiary/aromatic N) is 1. The van der Waals surface area contributed by atoms with E-state index >= 15 is 0 Å². The van der Waals surface area contributed by atoms with Crippen molar-refractivity contribution in [3.63, 3.8) is 0 Å². The van der Waals surface area contributed by atoms with Crippen molar-refractivity contribution >= 4 is 11.3 Å². The van der Waals surface area contributed by atoms with Crippen LogP contribution in [0.5, 0.6) is 0 Å². The number of thiazole rings is 1. The quantitative estimate of drug-likeness (QED) is 0.825. The smallest absolute Gasteiger partial charge is 0.125 e. The van der Waals surface area contributed by atoms with Gasteiger partial charge in [-0.2, -0.15) is 0 Å². The standard InChI is InChI=1S/C14H26N2OS/c1-6-14(7-2,17-8-3)12-16-11(10-18-12)9-13(4,5)15/h10H,6-9,15H2,1-5H3. The molecule has 0 amide bonds. The molecule has 3 nitrogen and oxygen atoms in total. The van der Waals surface area contributed by atoms with Gasteiger partial charge in [0.15, 0.2) is 0 Å². The molecule has 1 rings (SSSR count). The van der Waals surface area contributed by atoms with Crippen LogP contribution in [0.2, 0.25) is 0 Å². The molecule has 0 radical (unpaired) electrons. The summed E-state index contributed by atoms with van der Waals surface area (Å²) in [5.74, 6) is 0. The fourth-order valence-corrected chi connectivity index (χ4v) is 3.27. The monoisotopic (exact) mass is 270 g/mol. The minimum absolute atomic E-state index is 0.210. The third-order valence-corrected chi connectivity index (χ3v) is 4.22. The zero-order chi connectivity index (χ0) is 13.8. The van der Waals surface area contributed by atoms with Crippen molar-refractivity contribution in [3.05, 3.63) is 16.1 Å². The minimum Gasteiger partial charge on any atom is -0.368 e. The molecule has 0 aliphatic heterocycles. The van der Waals surface area contributed by atoms with Gasteiger partial charge in [-0.05, 0) is 33.6 Å². The molecule has 1 aromatic heterocycles. The van der Waals surface area contributed by atoms with Crippen LogP contribution >= 0.6 is 11.3 Å². The number of aromatic nitrogens is 1. The summed E-state index contributed by atoms with van der Waals surface area (Å²) in [6.07, 6.45) is 2.71. The van der Waals surface area contributed by atoms with E-state index < -0.39 is 0 Å². The third-order valence-electron chi connectivity index (χ3n) is 3.14. The molecule has 18 heavy (non-hydrogen) atoms. The van der Waals surface area contributed by atoms with Crippen LogP contribution < -0.4 is 5.73 Å². The van der Waals surface area contributed by atoms with Gasteiger partial charge in [0.1, 0.15) is 10.6 Å². The van der Waals surface area contributed by atoms with Crippen molar-refractivity contribution in [2.45, 2.75) is 65.0 Å². The molecule has 1 aromatic rings. The van der Waals surface area contributed by atoms with Gasteiger partial charge in [-0.3, -0.25) is 0 Å². The SMILES string of the molecule is CCOC(CC)(CC)c1nc(CC(C)(C)N)cs1. The summed E-state index contributed by atoms with van der Waals surface area (Å²) in [6, 6.07) is 0. The molecule has 0 atom stereocenters. The van der Waals surface area contributed by atoms with E-state index in [0.29, 0.717) is 0 Å². The maximum atomic E-state index is 6.04. The normalized spacial score (nSPS) is 13.0. The number of ether oxygens (including phenoxy) is 1. The number of rotatable bonds is 7. The Morgan fingerprint density at radius 3 is 2.33 bits per heavy atom. The van der Waals surface area contributed by atoms with Gasteiger partial charge in [0.2, 0.25) is 0 Å². The Bertz CT molecular complexity index is 364. The van der Waals surface area contributed by atoms with Gasteiger partial charge in [0.05, 0.1) is 5.69 Å². The Balaban J connectivity index is 2.94. The lowest BCUT2D eigenvalue weighted by Crippen LogP contribution is -2.34. The fraction of sp³-hybridized carbons (Fsp3) is 0.786. The Kier molecular flexibility index (Phi) is 5.32. The first-order valence-electron chi connectivity index (χ1n) is 6.74. The summed E-state index contributed by atoms with van der Waals surface area (Å²) in [4.78, 5) is 4.74. The molecule has 104 valence electrons. The highest BCUT2D eigenvalue weighted by Crippen LogP contribution is 2.35. The van der Waals surface area contributed by atoms with Gasteiger partial charge in [-0.1, -0.05) is 13.8 Å². The molecule has 0 aromatic carbocycles. The molecule has 2 N–H and O–H groups in total. The second-order valence-corrected chi connectivity index (χ2v) is 6.30. The summed E-state index contributed by atoms with van der Waals surface area (Å²) in [6.45, 7) is 11.1. The van der Waals surface area contributed by atoms with Crippen LogP contribution in [-0.4, -0.2) is 17.1 Å². The summed E-state index contributed by atoms with van der Waals surface area (Å²) in [5, 5.41) is 3.21. The highest BCUT2D eigenvalue weighted by atomic mass is 32.1. The average molecular weight is 270 g/mol. The predicted molar refractivity (Wildman–Crippen MR) is 78.0 cm³/mol. The van der Waals surface area contributed by atoms with Gasteiger partial charge >= 0.3 is 0 Å². The van der Waals surface area contributed by atoms with Crippen molar-refractivity contribution in [2.24, 2.45) is 5.73 Å². The van der Waals surface area contributed by atoms with E-state index in [9.17, 15) is 0 Å². The molecule has 0 fully saturated rings. The van der Waals surface area contributed by atoms with Crippen LogP contribution in [0.4, 0.5) is 0 Å². The highest BCUT2D eigenvalue weighted by Gasteiger charge is 2.32. The Hall–Kier alpha value is -0.450. The number of hydrogen-bond donors (Lipinski definition) is 1. The van der Waals surface area contributed by atoms with Crippen LogP contribution in [0.25, 0.3) is 0 Å². The molecule has 0 saturated carbocycles. The minimum atomic E-state index is -0.212. The number of hydrogen-bond acceptors (Lipinski definition) is 4. The lowest BCUT2D eigenvalue weighted by Gasteiger charge is -2.29. The van der Waals surface area contributed by atoms with Crippen LogP contribution in [0.3, 0.4) is 0 Å². The van der Waals surface area contributed by atoms with E-state index in [-0.39, 0.29) is 11.1 Å². The molecular formula is C14H26N2OS. The first kappa shape index (κ1) is 15.6. The number of nitrogens with two attached hydrogens (primary N) is 1. The van der Waals surface area contributed by atoms with Gasteiger partial charge in [-0.15, -0.1) is 11.3 Å². The maximum Gasteiger partial charge on any atom is 0.125 e. The Morgan fingerprint density at radius 2 is 1.89 bits per heavy atom. The van der Waals surface area contributed by atoms with Crippen LogP contribution in [0, 0.1) is 0 Å². The van der Waals surface area contributed by atoms with Crippen molar-refractivity contribution < 1.29 is 4.74 Å². The van der Waals surface area contributed by atoms with Crippen LogP contribution in [-0.2, 0) is 16.8 Å². The highest BCUT2D eigenvalue weighted by molar-refractivity contribution is 7.09. The second-order valence-electron chi connectivity index (χ2n) is 5.44. The molecule has 0 unspecified atom stereocenters. The van der Waals surface area contributed by atoms with Gasteiger partial charge in [-0.25, -0.2) is 4.98 Å². The Labute approximate surface area is 115 Å². The van der Waals surface area contributed by atoms with E-state index in [1.54, 1.807) is 11.3 Å². The summed E-state index contributed by atoms with van der Waals surface area (Å²) < 4.78 is 5.97. The van der Waals surface area contributed by atoms with Gasteiger partial charge in [0, 0.05) is 23.9 Å². The van der Waals surface area contributed by atoms with Gasteiger partial charge < -0.3 is 10.5 Å². The topological polar surface area (TPSA) is 48.1 Å². The molecule has 4 heteroatoms. The maximum absolute atomic E-state index is 6.04. The zero-order valence-corrected chi connectivity index (χ0v) is 13.1. The third kappa shape index (κ3) is 3.77. The summed E-state index contributed by atoms with van der Waals surface area (Å²) in [7, 11) is 0. The van der Waals surface area contributed by atoms with Crippen molar-refractivity contribution in [1.29, 1.82) is 0 Å². The fourth-order valence-electron chi connectivity index (χ4n) is 2.16. The summed E-state index contributed by atoms with van der Waals surface area (Å²) >= 11 is 1.69. The molecule has 0 aliphatic rings. The lowest BCUT2D eigenvalue weighted by molar-refractivity contribution is -0.0507. The lowest BCUT2D eigenvalue weighted by atomic mass is 9.97. The molecule has 1 heterocycles. The Morgan fingerprint density at radius 1 is 1.28 bits per heavy atom. The average Bonchev–Trinajstić information content (AvgIpc) is 2.72. The first-order valence-corrected chi connectivity index (χ1v) is 7.62. The largest absolute Gasteiger partial charge is 0.368 e. The van der Waals surface area contributed by atoms with E-state index in [4.69, 9.17) is 15.5 Å². The molecule has 0 saturated heterocycles. The van der Waals surface area contributed by atoms with E-state index in [0.717, 1.165) is 36.6 Å². The van der Waals surface area contributed by atoms with Crippen LogP contribution in [0.1, 0.15) is 58.2 Å². The van der Waals surface area contributed by atoms with Crippen molar-refractivity contribution in [1.82, 2.24) is 4.98 Å². The van der Waals surface area contributed by atoms with Crippen molar-refractivity contribution in [3.8, 4) is 0 Å². The molecule has 0 spiro atoms. The molecule has 0 bridgehead atoms. The van der Waals surface area contributed by atoms with E-state index in [2.05, 4.69) is 19.2 Å². The molecule has 0 aliphatic carbocycles. The van der Waals surface area contributed by atoms with Crippen LogP contribution in [0.15, 0.2) is 5.38 Å². The predicted octanol–water partition coefficient (Wildman–Crippen LogP) is 3.47. The molecular weight excluding hydrogens is 244 g/mol. The van der Waals surface area contributed by atoms with Gasteiger partial charge in [0.25, 0.3) is 0 Å². The zero-order valence-electron chi connectivity index (χ0n) is 12.2.